The van der Waals surface area contributed by atoms with E-state index >= 15 is 0 Å². The second-order valence-corrected chi connectivity index (χ2v) is 5.77. The van der Waals surface area contributed by atoms with Crippen molar-refractivity contribution in [2.75, 3.05) is 6.54 Å². The van der Waals surface area contributed by atoms with Gasteiger partial charge in [0, 0.05) is 6.54 Å². The number of alkyl carbamates (subject to hydrolysis) is 1. The molecule has 2 rings (SSSR count). The van der Waals surface area contributed by atoms with Crippen LogP contribution in [0.4, 0.5) is 4.79 Å². The van der Waals surface area contributed by atoms with E-state index in [4.69, 9.17) is 9.47 Å². The molecule has 1 N–H and O–H groups in total. The molecule has 3 atom stereocenters. The van der Waals surface area contributed by atoms with Gasteiger partial charge in [0.1, 0.15) is 5.60 Å². The van der Waals surface area contributed by atoms with Crippen LogP contribution in [0.25, 0.3) is 0 Å². The summed E-state index contributed by atoms with van der Waals surface area (Å²) in [6.45, 7) is 6.32. The van der Waals surface area contributed by atoms with Gasteiger partial charge < -0.3 is 14.8 Å². The molecule has 0 aromatic carbocycles. The van der Waals surface area contributed by atoms with Crippen LogP contribution in [0.2, 0.25) is 0 Å². The highest BCUT2D eigenvalue weighted by Crippen LogP contribution is 2.43. The first-order valence-electron chi connectivity index (χ1n) is 6.06. The molecule has 92 valence electrons. The van der Waals surface area contributed by atoms with Gasteiger partial charge in [-0.1, -0.05) is 0 Å². The van der Waals surface area contributed by atoms with Crippen molar-refractivity contribution in [3.8, 4) is 0 Å². The summed E-state index contributed by atoms with van der Waals surface area (Å²) in [4.78, 5) is 11.3. The van der Waals surface area contributed by atoms with Crippen LogP contribution in [0.3, 0.4) is 0 Å². The third-order valence-electron chi connectivity index (χ3n) is 3.04. The predicted octanol–water partition coefficient (Wildman–Crippen LogP) is 2.08. The zero-order valence-electron chi connectivity index (χ0n) is 10.3. The van der Waals surface area contributed by atoms with Crippen LogP contribution in [0.15, 0.2) is 0 Å². The molecule has 4 nitrogen and oxygen atoms in total. The summed E-state index contributed by atoms with van der Waals surface area (Å²) in [6, 6.07) is 0. The van der Waals surface area contributed by atoms with E-state index in [1.54, 1.807) is 0 Å². The van der Waals surface area contributed by atoms with Gasteiger partial charge in [0.2, 0.25) is 0 Å². The number of amides is 1. The number of nitrogens with one attached hydrogen (secondary N) is 1. The number of fused-ring (bicyclic) bond motifs is 1. The molecule has 2 aliphatic rings. The zero-order chi connectivity index (χ0) is 11.8. The molecular formula is C12H21NO3. The van der Waals surface area contributed by atoms with Crippen LogP contribution < -0.4 is 5.32 Å². The molecule has 0 aromatic rings. The molecule has 0 spiro atoms. The second kappa shape index (κ2) is 4.24. The van der Waals surface area contributed by atoms with E-state index in [-0.39, 0.29) is 6.09 Å². The molecule has 1 amide bonds. The van der Waals surface area contributed by atoms with Crippen molar-refractivity contribution in [1.29, 1.82) is 0 Å². The average molecular weight is 227 g/mol. The number of carbonyl (C=O) groups is 1. The Morgan fingerprint density at radius 1 is 1.38 bits per heavy atom. The van der Waals surface area contributed by atoms with Gasteiger partial charge in [0.05, 0.1) is 12.2 Å². The Hall–Kier alpha value is -0.770. The lowest BCUT2D eigenvalue weighted by Crippen LogP contribution is -2.33. The Balaban J connectivity index is 1.55. The topological polar surface area (TPSA) is 50.9 Å². The van der Waals surface area contributed by atoms with Gasteiger partial charge in [-0.25, -0.2) is 4.79 Å². The van der Waals surface area contributed by atoms with Crippen molar-refractivity contribution >= 4 is 6.09 Å². The second-order valence-electron chi connectivity index (χ2n) is 5.77. The molecule has 4 heteroatoms. The molecule has 1 heterocycles. The molecule has 0 radical (unpaired) electrons. The normalized spacial score (nSPS) is 32.1. The summed E-state index contributed by atoms with van der Waals surface area (Å²) in [5.74, 6) is 0.721. The van der Waals surface area contributed by atoms with Gasteiger partial charge in [-0.3, -0.25) is 0 Å². The van der Waals surface area contributed by atoms with Gasteiger partial charge >= 0.3 is 6.09 Å². The van der Waals surface area contributed by atoms with Crippen molar-refractivity contribution in [2.24, 2.45) is 5.92 Å². The van der Waals surface area contributed by atoms with Gasteiger partial charge in [-0.15, -0.1) is 0 Å². The fourth-order valence-electron chi connectivity index (χ4n) is 2.28. The minimum Gasteiger partial charge on any atom is -0.444 e. The van der Waals surface area contributed by atoms with Crippen LogP contribution in [0.1, 0.15) is 40.0 Å². The molecule has 1 saturated heterocycles. The molecule has 1 saturated carbocycles. The van der Waals surface area contributed by atoms with Crippen LogP contribution in [0.5, 0.6) is 0 Å². The van der Waals surface area contributed by atoms with E-state index in [2.05, 4.69) is 5.32 Å². The van der Waals surface area contributed by atoms with Gasteiger partial charge in [0.25, 0.3) is 0 Å². The number of epoxide rings is 1. The fraction of sp³-hybridized carbons (Fsp3) is 0.917. The summed E-state index contributed by atoms with van der Waals surface area (Å²) < 4.78 is 10.5. The van der Waals surface area contributed by atoms with E-state index in [1.165, 1.54) is 12.8 Å². The minimum atomic E-state index is -0.410. The molecule has 16 heavy (non-hydrogen) atoms. The molecule has 0 aromatic heterocycles. The van der Waals surface area contributed by atoms with Crippen molar-refractivity contribution in [1.82, 2.24) is 5.32 Å². The van der Waals surface area contributed by atoms with Crippen LogP contribution >= 0.6 is 0 Å². The molecular weight excluding hydrogens is 206 g/mol. The highest BCUT2D eigenvalue weighted by Gasteiger charge is 2.47. The number of hydrogen-bond donors (Lipinski definition) is 1. The van der Waals surface area contributed by atoms with Crippen LogP contribution in [0, 0.1) is 5.92 Å². The Kier molecular flexibility index (Phi) is 3.10. The van der Waals surface area contributed by atoms with Crippen LogP contribution in [-0.2, 0) is 9.47 Å². The first kappa shape index (κ1) is 11.7. The highest BCUT2D eigenvalue weighted by molar-refractivity contribution is 5.67. The number of ether oxygens (including phenoxy) is 2. The number of hydrogen-bond acceptors (Lipinski definition) is 3. The minimum absolute atomic E-state index is 0.313. The van der Waals surface area contributed by atoms with E-state index < -0.39 is 5.60 Å². The molecule has 1 aliphatic heterocycles. The Bertz CT molecular complexity index is 262. The molecule has 2 fully saturated rings. The van der Waals surface area contributed by atoms with Gasteiger partial charge in [-0.05, 0) is 46.0 Å². The maximum atomic E-state index is 11.3. The van der Waals surface area contributed by atoms with Crippen molar-refractivity contribution in [3.05, 3.63) is 0 Å². The summed E-state index contributed by atoms with van der Waals surface area (Å²) in [5, 5.41) is 2.79. The van der Waals surface area contributed by atoms with E-state index in [1.807, 2.05) is 20.8 Å². The number of carbonyl (C=O) groups excluding carboxylic acids is 1. The van der Waals surface area contributed by atoms with E-state index in [0.717, 1.165) is 12.3 Å². The summed E-state index contributed by atoms with van der Waals surface area (Å²) in [5.41, 5.74) is -0.410. The van der Waals surface area contributed by atoms with E-state index in [0.29, 0.717) is 18.8 Å². The van der Waals surface area contributed by atoms with Crippen molar-refractivity contribution in [2.45, 2.75) is 57.8 Å². The monoisotopic (exact) mass is 227 g/mol. The third-order valence-corrected chi connectivity index (χ3v) is 3.04. The zero-order valence-corrected chi connectivity index (χ0v) is 10.3. The predicted molar refractivity (Wildman–Crippen MR) is 60.2 cm³/mol. The Morgan fingerprint density at radius 3 is 2.56 bits per heavy atom. The maximum absolute atomic E-state index is 11.3. The smallest absolute Gasteiger partial charge is 0.407 e. The third kappa shape index (κ3) is 3.37. The standard InChI is InChI=1S/C12H21NO3/c1-12(2,3)16-11(14)13-5-4-8-6-9-10(7-8)15-9/h8-10H,4-7H2,1-3H3,(H,13,14)/t8?,9-,10+. The molecule has 0 bridgehead atoms. The van der Waals surface area contributed by atoms with Crippen molar-refractivity contribution < 1.29 is 14.3 Å². The average Bonchev–Trinajstić information content (AvgIpc) is 2.71. The Labute approximate surface area is 96.7 Å². The first-order chi connectivity index (χ1) is 7.44. The SMILES string of the molecule is CC(C)(C)OC(=O)NCCC1C[C@@H]2O[C@@H]2C1. The molecule has 1 aliphatic carbocycles. The molecule has 1 unspecified atom stereocenters. The number of rotatable bonds is 3. The summed E-state index contributed by atoms with van der Waals surface area (Å²) >= 11 is 0. The summed E-state index contributed by atoms with van der Waals surface area (Å²) in [7, 11) is 0. The lowest BCUT2D eigenvalue weighted by atomic mass is 10.0. The van der Waals surface area contributed by atoms with E-state index in [9.17, 15) is 4.79 Å². The fourth-order valence-corrected chi connectivity index (χ4v) is 2.28. The van der Waals surface area contributed by atoms with Gasteiger partial charge in [-0.2, -0.15) is 0 Å². The maximum Gasteiger partial charge on any atom is 0.407 e. The largest absolute Gasteiger partial charge is 0.444 e. The first-order valence-corrected chi connectivity index (χ1v) is 6.06. The lowest BCUT2D eigenvalue weighted by Gasteiger charge is -2.20. The Morgan fingerprint density at radius 2 is 2.00 bits per heavy atom. The summed E-state index contributed by atoms with van der Waals surface area (Å²) in [6.07, 6.45) is 4.13. The quantitative estimate of drug-likeness (QED) is 0.751. The van der Waals surface area contributed by atoms with Crippen LogP contribution in [-0.4, -0.2) is 30.4 Å². The van der Waals surface area contributed by atoms with Gasteiger partial charge in [0.15, 0.2) is 0 Å². The lowest BCUT2D eigenvalue weighted by molar-refractivity contribution is 0.0524. The highest BCUT2D eigenvalue weighted by atomic mass is 16.6. The van der Waals surface area contributed by atoms with Crippen molar-refractivity contribution in [3.63, 3.8) is 0 Å².